The van der Waals surface area contributed by atoms with E-state index in [0.29, 0.717) is 26.2 Å². The molecule has 1 fully saturated rings. The van der Waals surface area contributed by atoms with Gasteiger partial charge in [-0.05, 0) is 32.4 Å². The summed E-state index contributed by atoms with van der Waals surface area (Å²) in [5.74, 6) is -0.959. The number of aryl methyl sites for hydroxylation is 2. The topological polar surface area (TPSA) is 111 Å². The number of fused-ring (bicyclic) bond motifs is 1. The second-order valence-electron chi connectivity index (χ2n) is 7.77. The van der Waals surface area contributed by atoms with Crippen LogP contribution in [-0.2, 0) is 16.1 Å². The van der Waals surface area contributed by atoms with E-state index >= 15 is 0 Å². The molecule has 0 aliphatic carbocycles. The number of carbonyl (C=O) groups excluding carboxylic acids is 2. The first kappa shape index (κ1) is 21.5. The smallest absolute Gasteiger partial charge is 0.361 e. The van der Waals surface area contributed by atoms with Gasteiger partial charge in [0.2, 0.25) is 11.6 Å². The lowest BCUT2D eigenvalue weighted by Crippen LogP contribution is -2.50. The molecule has 10 nitrogen and oxygen atoms in total. The van der Waals surface area contributed by atoms with E-state index in [-0.39, 0.29) is 35.9 Å². The van der Waals surface area contributed by atoms with Gasteiger partial charge in [0.05, 0.1) is 6.61 Å². The zero-order valence-electron chi connectivity index (χ0n) is 18.3. The molecular weight excluding hydrogens is 414 g/mol. The van der Waals surface area contributed by atoms with Crippen molar-refractivity contribution in [3.63, 3.8) is 0 Å². The van der Waals surface area contributed by atoms with Crippen molar-refractivity contribution in [1.29, 1.82) is 0 Å². The molecule has 1 amide bonds. The number of amides is 1. The van der Waals surface area contributed by atoms with Crippen LogP contribution >= 0.6 is 0 Å². The van der Waals surface area contributed by atoms with Gasteiger partial charge in [0.25, 0.3) is 11.3 Å². The molecule has 1 aliphatic heterocycles. The van der Waals surface area contributed by atoms with Gasteiger partial charge >= 0.3 is 5.97 Å². The molecule has 0 saturated carbocycles. The third-order valence-corrected chi connectivity index (χ3v) is 5.56. The van der Waals surface area contributed by atoms with Crippen molar-refractivity contribution < 1.29 is 18.8 Å². The monoisotopic (exact) mass is 439 g/mol. The van der Waals surface area contributed by atoms with Crippen LogP contribution in [0.4, 0.5) is 5.69 Å². The van der Waals surface area contributed by atoms with Crippen LogP contribution in [0.3, 0.4) is 0 Å². The number of hydrogen-bond donors (Lipinski definition) is 0. The largest absolute Gasteiger partial charge is 0.461 e. The molecule has 3 heterocycles. The second kappa shape index (κ2) is 8.81. The Morgan fingerprint density at radius 3 is 2.59 bits per heavy atom. The number of benzene rings is 1. The SMILES string of the molecule is CCOC(=O)c1noc2ncn(CC(=O)N3CCN(c4ccc(C)cc4C)CC3)c(=O)c12. The molecule has 4 rings (SSSR count). The molecule has 0 N–H and O–H groups in total. The van der Waals surface area contributed by atoms with E-state index in [1.54, 1.807) is 11.8 Å². The molecule has 32 heavy (non-hydrogen) atoms. The number of aromatic nitrogens is 3. The summed E-state index contributed by atoms with van der Waals surface area (Å²) in [7, 11) is 0. The average molecular weight is 439 g/mol. The summed E-state index contributed by atoms with van der Waals surface area (Å²) in [4.78, 5) is 45.8. The van der Waals surface area contributed by atoms with E-state index in [0.717, 1.165) is 0 Å². The molecule has 0 spiro atoms. The highest BCUT2D eigenvalue weighted by atomic mass is 16.5. The van der Waals surface area contributed by atoms with Crippen molar-refractivity contribution in [3.8, 4) is 0 Å². The summed E-state index contributed by atoms with van der Waals surface area (Å²) in [5.41, 5.74) is 2.73. The second-order valence-corrected chi connectivity index (χ2v) is 7.77. The molecule has 10 heteroatoms. The summed E-state index contributed by atoms with van der Waals surface area (Å²) < 4.78 is 11.0. The Bertz CT molecular complexity index is 1220. The Morgan fingerprint density at radius 1 is 1.16 bits per heavy atom. The fraction of sp³-hybridized carbons (Fsp3) is 0.409. The normalized spacial score (nSPS) is 14.1. The summed E-state index contributed by atoms with van der Waals surface area (Å²) in [6.45, 7) is 8.28. The highest BCUT2D eigenvalue weighted by molar-refractivity contribution is 5.99. The molecule has 0 radical (unpaired) electrons. The van der Waals surface area contributed by atoms with E-state index in [1.807, 2.05) is 0 Å². The minimum absolute atomic E-state index is 0.0659. The number of esters is 1. The number of piperazine rings is 1. The van der Waals surface area contributed by atoms with Gasteiger partial charge in [-0.2, -0.15) is 0 Å². The third kappa shape index (κ3) is 4.08. The van der Waals surface area contributed by atoms with Gasteiger partial charge in [0, 0.05) is 31.9 Å². The first-order valence-corrected chi connectivity index (χ1v) is 10.5. The molecule has 1 saturated heterocycles. The maximum absolute atomic E-state index is 12.9. The van der Waals surface area contributed by atoms with Crippen LogP contribution in [0.1, 0.15) is 28.5 Å². The van der Waals surface area contributed by atoms with Crippen LogP contribution in [0.15, 0.2) is 33.8 Å². The van der Waals surface area contributed by atoms with Gasteiger partial charge in [-0.15, -0.1) is 0 Å². The molecule has 0 atom stereocenters. The Hall–Kier alpha value is -3.69. The zero-order valence-corrected chi connectivity index (χ0v) is 18.3. The number of nitrogens with zero attached hydrogens (tertiary/aromatic N) is 5. The molecular formula is C22H25N5O5. The lowest BCUT2D eigenvalue weighted by atomic mass is 10.1. The Labute approximate surface area is 184 Å². The van der Waals surface area contributed by atoms with Crippen molar-refractivity contribution in [2.24, 2.45) is 0 Å². The van der Waals surface area contributed by atoms with Gasteiger partial charge < -0.3 is 19.1 Å². The standard InChI is InChI=1S/C22H25N5O5/c1-4-31-22(30)19-18-20(32-24-19)23-13-27(21(18)29)12-17(28)26-9-7-25(8-10-26)16-6-5-14(2)11-15(16)3/h5-6,11,13H,4,7-10,12H2,1-3H3. The quantitative estimate of drug-likeness (QED) is 0.551. The van der Waals surface area contributed by atoms with Crippen molar-refractivity contribution in [3.05, 3.63) is 51.7 Å². The highest BCUT2D eigenvalue weighted by Crippen LogP contribution is 2.22. The number of rotatable bonds is 5. The Morgan fingerprint density at radius 2 is 1.91 bits per heavy atom. The predicted octanol–water partition coefficient (Wildman–Crippen LogP) is 1.53. The van der Waals surface area contributed by atoms with Crippen LogP contribution in [0.2, 0.25) is 0 Å². The summed E-state index contributed by atoms with van der Waals surface area (Å²) in [6.07, 6.45) is 1.23. The fourth-order valence-electron chi connectivity index (χ4n) is 3.93. The van der Waals surface area contributed by atoms with Gasteiger partial charge in [0.1, 0.15) is 18.3 Å². The fourth-order valence-corrected chi connectivity index (χ4v) is 3.93. The predicted molar refractivity (Wildman–Crippen MR) is 117 cm³/mol. The van der Waals surface area contributed by atoms with Crippen LogP contribution < -0.4 is 10.5 Å². The van der Waals surface area contributed by atoms with Crippen LogP contribution in [0.25, 0.3) is 11.1 Å². The van der Waals surface area contributed by atoms with Gasteiger partial charge in [-0.25, -0.2) is 9.78 Å². The molecule has 0 bridgehead atoms. The number of ether oxygens (including phenoxy) is 1. The Balaban J connectivity index is 1.46. The van der Waals surface area contributed by atoms with Crippen LogP contribution in [0.5, 0.6) is 0 Å². The number of hydrogen-bond acceptors (Lipinski definition) is 8. The van der Waals surface area contributed by atoms with Crippen molar-refractivity contribution in [2.75, 3.05) is 37.7 Å². The summed E-state index contributed by atoms with van der Waals surface area (Å²) in [5, 5.41) is 3.52. The summed E-state index contributed by atoms with van der Waals surface area (Å²) >= 11 is 0. The maximum Gasteiger partial charge on any atom is 0.361 e. The van der Waals surface area contributed by atoms with E-state index in [9.17, 15) is 14.4 Å². The minimum Gasteiger partial charge on any atom is -0.461 e. The van der Waals surface area contributed by atoms with Gasteiger partial charge in [-0.3, -0.25) is 14.2 Å². The Kier molecular flexibility index (Phi) is 5.93. The number of anilines is 1. The van der Waals surface area contributed by atoms with Crippen LogP contribution in [0, 0.1) is 13.8 Å². The maximum atomic E-state index is 12.9. The molecule has 0 unspecified atom stereocenters. The lowest BCUT2D eigenvalue weighted by molar-refractivity contribution is -0.132. The highest BCUT2D eigenvalue weighted by Gasteiger charge is 2.25. The summed E-state index contributed by atoms with van der Waals surface area (Å²) in [6, 6.07) is 6.35. The molecule has 1 aliphatic rings. The zero-order chi connectivity index (χ0) is 22.8. The third-order valence-electron chi connectivity index (χ3n) is 5.56. The van der Waals surface area contributed by atoms with E-state index in [2.05, 4.69) is 47.1 Å². The molecule has 168 valence electrons. The van der Waals surface area contributed by atoms with Crippen molar-refractivity contribution >= 4 is 28.7 Å². The molecule has 1 aromatic carbocycles. The van der Waals surface area contributed by atoms with E-state index in [4.69, 9.17) is 9.26 Å². The van der Waals surface area contributed by atoms with Gasteiger partial charge in [0.15, 0.2) is 0 Å². The first-order chi connectivity index (χ1) is 15.4. The van der Waals surface area contributed by atoms with E-state index in [1.165, 1.54) is 27.7 Å². The van der Waals surface area contributed by atoms with Crippen LogP contribution in [-0.4, -0.2) is 64.3 Å². The molecule has 3 aromatic rings. The first-order valence-electron chi connectivity index (χ1n) is 10.5. The number of carbonyl (C=O) groups is 2. The van der Waals surface area contributed by atoms with E-state index < -0.39 is 11.5 Å². The minimum atomic E-state index is -0.767. The average Bonchev–Trinajstić information content (AvgIpc) is 3.21. The van der Waals surface area contributed by atoms with Gasteiger partial charge in [-0.1, -0.05) is 22.9 Å². The molecule has 2 aromatic heterocycles. The van der Waals surface area contributed by atoms with Crippen molar-refractivity contribution in [2.45, 2.75) is 27.3 Å². The lowest BCUT2D eigenvalue weighted by Gasteiger charge is -2.37. The van der Waals surface area contributed by atoms with Crippen molar-refractivity contribution in [1.82, 2.24) is 19.6 Å².